The molecule has 0 fully saturated rings. The average molecular weight is 309 g/mol. The van der Waals surface area contributed by atoms with Crippen LogP contribution in [0.1, 0.15) is 0 Å². The summed E-state index contributed by atoms with van der Waals surface area (Å²) < 4.78 is 6.20. The Balaban J connectivity index is 2.29. The number of halogens is 2. The van der Waals surface area contributed by atoms with E-state index in [9.17, 15) is 0 Å². The number of fused-ring (bicyclic) bond motifs is 1. The van der Waals surface area contributed by atoms with E-state index in [1.165, 1.54) is 0 Å². The van der Waals surface area contributed by atoms with Crippen LogP contribution in [0.25, 0.3) is 20.5 Å². The molecular formula is C15H10Cl2OS. The van der Waals surface area contributed by atoms with Crippen molar-refractivity contribution in [3.63, 3.8) is 0 Å². The fourth-order valence-corrected chi connectivity index (χ4v) is 3.94. The molecule has 2 aromatic carbocycles. The maximum absolute atomic E-state index is 6.47. The minimum atomic E-state index is 0.620. The number of rotatable bonds is 2. The fraction of sp³-hybridized carbons (Fsp3) is 0.0667. The van der Waals surface area contributed by atoms with Crippen LogP contribution in [-0.2, 0) is 0 Å². The van der Waals surface area contributed by atoms with Gasteiger partial charge >= 0.3 is 0 Å². The van der Waals surface area contributed by atoms with Crippen molar-refractivity contribution in [3.8, 4) is 16.2 Å². The van der Waals surface area contributed by atoms with Crippen molar-refractivity contribution >= 4 is 44.6 Å². The molecule has 0 saturated heterocycles. The molecule has 0 atom stereocenters. The van der Waals surface area contributed by atoms with E-state index in [0.29, 0.717) is 10.8 Å². The minimum absolute atomic E-state index is 0.620. The van der Waals surface area contributed by atoms with Crippen molar-refractivity contribution in [1.29, 1.82) is 0 Å². The Morgan fingerprint density at radius 3 is 2.37 bits per heavy atom. The summed E-state index contributed by atoms with van der Waals surface area (Å²) in [5.41, 5.74) is 1.10. The van der Waals surface area contributed by atoms with Crippen LogP contribution >= 0.6 is 34.5 Å². The highest BCUT2D eigenvalue weighted by Gasteiger charge is 2.16. The zero-order valence-corrected chi connectivity index (χ0v) is 12.4. The molecule has 0 unspecified atom stereocenters. The highest BCUT2D eigenvalue weighted by Crippen LogP contribution is 2.46. The lowest BCUT2D eigenvalue weighted by atomic mass is 10.1. The van der Waals surface area contributed by atoms with Crippen molar-refractivity contribution in [3.05, 3.63) is 52.5 Å². The van der Waals surface area contributed by atoms with Crippen LogP contribution < -0.4 is 4.74 Å². The first-order valence-electron chi connectivity index (χ1n) is 5.72. The van der Waals surface area contributed by atoms with Gasteiger partial charge in [0.25, 0.3) is 0 Å². The molecule has 1 aromatic heterocycles. The predicted octanol–water partition coefficient (Wildman–Crippen LogP) is 5.88. The molecule has 0 radical (unpaired) electrons. The van der Waals surface area contributed by atoms with Gasteiger partial charge in [-0.2, -0.15) is 0 Å². The summed E-state index contributed by atoms with van der Waals surface area (Å²) in [4.78, 5) is 1.03. The monoisotopic (exact) mass is 308 g/mol. The second-order valence-electron chi connectivity index (χ2n) is 4.07. The third-order valence-corrected chi connectivity index (χ3v) is 5.22. The lowest BCUT2D eigenvalue weighted by Crippen LogP contribution is -1.82. The topological polar surface area (TPSA) is 9.23 Å². The second kappa shape index (κ2) is 5.04. The molecular weight excluding hydrogens is 299 g/mol. The van der Waals surface area contributed by atoms with Crippen molar-refractivity contribution in [2.24, 2.45) is 0 Å². The van der Waals surface area contributed by atoms with Gasteiger partial charge < -0.3 is 4.74 Å². The quantitative estimate of drug-likeness (QED) is 0.574. The molecule has 0 aliphatic rings. The van der Waals surface area contributed by atoms with E-state index < -0.39 is 0 Å². The summed E-state index contributed by atoms with van der Waals surface area (Å²) in [6.45, 7) is 0. The lowest BCUT2D eigenvalue weighted by molar-refractivity contribution is 0.415. The Labute approximate surface area is 125 Å². The first-order valence-corrected chi connectivity index (χ1v) is 7.29. The van der Waals surface area contributed by atoms with Gasteiger partial charge in [-0.1, -0.05) is 53.5 Å². The molecule has 0 N–H and O–H groups in total. The van der Waals surface area contributed by atoms with Crippen LogP contribution in [0.15, 0.2) is 42.5 Å². The Morgan fingerprint density at radius 1 is 0.947 bits per heavy atom. The first kappa shape index (κ1) is 12.8. The number of hydrogen-bond donors (Lipinski definition) is 0. The van der Waals surface area contributed by atoms with Gasteiger partial charge in [-0.05, 0) is 17.7 Å². The zero-order valence-electron chi connectivity index (χ0n) is 10.1. The summed E-state index contributed by atoms with van der Waals surface area (Å²) in [5, 5.41) is 2.33. The van der Waals surface area contributed by atoms with E-state index in [4.69, 9.17) is 27.9 Å². The molecule has 0 bridgehead atoms. The van der Waals surface area contributed by atoms with E-state index in [-0.39, 0.29) is 0 Å². The Morgan fingerprint density at radius 2 is 1.68 bits per heavy atom. The molecule has 96 valence electrons. The molecule has 0 spiro atoms. The Kier molecular flexibility index (Phi) is 3.40. The molecule has 0 aliphatic heterocycles. The van der Waals surface area contributed by atoms with E-state index in [1.807, 2.05) is 42.5 Å². The van der Waals surface area contributed by atoms with Gasteiger partial charge in [0.15, 0.2) is 0 Å². The maximum Gasteiger partial charge on any atom is 0.138 e. The van der Waals surface area contributed by atoms with Crippen LogP contribution in [0.3, 0.4) is 0 Å². The van der Waals surface area contributed by atoms with E-state index in [0.717, 1.165) is 25.5 Å². The van der Waals surface area contributed by atoms with E-state index >= 15 is 0 Å². The van der Waals surface area contributed by atoms with Gasteiger partial charge in [0, 0.05) is 5.39 Å². The summed E-state index contributed by atoms with van der Waals surface area (Å²) in [5.74, 6) is 0.673. The number of ether oxygens (including phenoxy) is 1. The van der Waals surface area contributed by atoms with Crippen LogP contribution in [0.5, 0.6) is 5.75 Å². The molecule has 0 aliphatic carbocycles. The first-order chi connectivity index (χ1) is 9.22. The van der Waals surface area contributed by atoms with Gasteiger partial charge in [0.1, 0.15) is 10.8 Å². The van der Waals surface area contributed by atoms with Gasteiger partial charge in [0.2, 0.25) is 0 Å². The smallest absolute Gasteiger partial charge is 0.138 e. The highest BCUT2D eigenvalue weighted by molar-refractivity contribution is 7.23. The van der Waals surface area contributed by atoms with Crippen LogP contribution in [0.2, 0.25) is 10.0 Å². The lowest BCUT2D eigenvalue weighted by Gasteiger charge is -2.02. The van der Waals surface area contributed by atoms with E-state index in [1.54, 1.807) is 18.4 Å². The molecule has 4 heteroatoms. The van der Waals surface area contributed by atoms with Crippen molar-refractivity contribution in [1.82, 2.24) is 0 Å². The summed E-state index contributed by atoms with van der Waals surface area (Å²) in [6.07, 6.45) is 0. The number of methoxy groups -OCH3 is 1. The van der Waals surface area contributed by atoms with Crippen molar-refractivity contribution in [2.75, 3.05) is 7.11 Å². The summed E-state index contributed by atoms with van der Waals surface area (Å²) >= 11 is 14.4. The average Bonchev–Trinajstić information content (AvgIpc) is 2.79. The van der Waals surface area contributed by atoms with Gasteiger partial charge in [0.05, 0.1) is 21.7 Å². The van der Waals surface area contributed by atoms with Gasteiger partial charge in [-0.3, -0.25) is 0 Å². The summed E-state index contributed by atoms with van der Waals surface area (Å²) in [6, 6.07) is 13.9. The van der Waals surface area contributed by atoms with Crippen LogP contribution in [0.4, 0.5) is 0 Å². The maximum atomic E-state index is 6.47. The number of hydrogen-bond acceptors (Lipinski definition) is 2. The van der Waals surface area contributed by atoms with E-state index in [2.05, 4.69) is 0 Å². The van der Waals surface area contributed by atoms with Gasteiger partial charge in [-0.25, -0.2) is 0 Å². The van der Waals surface area contributed by atoms with Gasteiger partial charge in [-0.15, -0.1) is 11.3 Å². The molecule has 3 aromatic rings. The highest BCUT2D eigenvalue weighted by atomic mass is 35.5. The second-order valence-corrected chi connectivity index (χ2v) is 5.85. The number of thiophene rings is 1. The third-order valence-electron chi connectivity index (χ3n) is 2.96. The molecule has 3 rings (SSSR count). The van der Waals surface area contributed by atoms with Crippen molar-refractivity contribution < 1.29 is 4.74 Å². The largest absolute Gasteiger partial charge is 0.495 e. The standard InChI is InChI=1S/C15H10Cl2OS/c1-18-11-8-7-10-12(16)14(19-15(10)13(11)17)9-5-3-2-4-6-9/h2-8H,1H3. The molecule has 1 heterocycles. The number of benzene rings is 2. The molecule has 1 nitrogen and oxygen atoms in total. The Bertz CT molecular complexity index is 735. The third kappa shape index (κ3) is 2.10. The minimum Gasteiger partial charge on any atom is -0.495 e. The Hall–Kier alpha value is -1.22. The summed E-state index contributed by atoms with van der Waals surface area (Å²) in [7, 11) is 1.61. The zero-order chi connectivity index (χ0) is 13.4. The van der Waals surface area contributed by atoms with Crippen LogP contribution in [0, 0.1) is 0 Å². The SMILES string of the molecule is COc1ccc2c(Cl)c(-c3ccccc3)sc2c1Cl. The molecule has 19 heavy (non-hydrogen) atoms. The fourth-order valence-electron chi connectivity index (χ4n) is 2.01. The molecule has 0 amide bonds. The van der Waals surface area contributed by atoms with Crippen LogP contribution in [-0.4, -0.2) is 7.11 Å². The molecule has 0 saturated carbocycles. The predicted molar refractivity (Wildman–Crippen MR) is 83.8 cm³/mol. The van der Waals surface area contributed by atoms with Crippen molar-refractivity contribution in [2.45, 2.75) is 0 Å². The normalized spacial score (nSPS) is 10.9.